The molecule has 1 amide bonds. The summed E-state index contributed by atoms with van der Waals surface area (Å²) in [7, 11) is 0. The van der Waals surface area contributed by atoms with E-state index in [0.717, 1.165) is 35.3 Å². The Hall–Kier alpha value is -3.60. The van der Waals surface area contributed by atoms with Gasteiger partial charge in [-0.3, -0.25) is 14.5 Å². The fourth-order valence-corrected chi connectivity index (χ4v) is 3.60. The van der Waals surface area contributed by atoms with Crippen LogP contribution in [0.1, 0.15) is 17.5 Å². The minimum atomic E-state index is -0.462. The van der Waals surface area contributed by atoms with Crippen molar-refractivity contribution in [2.24, 2.45) is 0 Å². The number of rotatable bonds is 6. The fourth-order valence-electron chi connectivity index (χ4n) is 3.60. The Balaban J connectivity index is 1.41. The molecule has 0 spiro atoms. The fraction of sp³-hybridized carbons (Fsp3) is 0.200. The lowest BCUT2D eigenvalue weighted by Gasteiger charge is -2.24. The molecule has 0 unspecified atom stereocenters. The maximum atomic E-state index is 13.1. The van der Waals surface area contributed by atoms with Crippen molar-refractivity contribution in [3.8, 4) is 5.75 Å². The summed E-state index contributed by atoms with van der Waals surface area (Å²) in [6.45, 7) is -0.112. The zero-order valence-electron chi connectivity index (χ0n) is 16.6. The summed E-state index contributed by atoms with van der Waals surface area (Å²) in [5, 5.41) is 0. The Morgan fingerprint density at radius 3 is 1.97 bits per heavy atom. The van der Waals surface area contributed by atoms with E-state index in [9.17, 15) is 9.59 Å². The third kappa shape index (κ3) is 4.51. The molecule has 0 fully saturated rings. The number of hydrogen-bond acceptors (Lipinski definition) is 4. The molecule has 0 atom stereocenters. The van der Waals surface area contributed by atoms with Gasteiger partial charge in [-0.25, -0.2) is 0 Å². The number of hydrogen-bond donors (Lipinski definition) is 0. The molecule has 1 aliphatic heterocycles. The van der Waals surface area contributed by atoms with Crippen molar-refractivity contribution in [3.63, 3.8) is 0 Å². The van der Waals surface area contributed by atoms with Gasteiger partial charge in [0.2, 0.25) is 0 Å². The van der Waals surface area contributed by atoms with Crippen LogP contribution in [0.3, 0.4) is 0 Å². The maximum absolute atomic E-state index is 13.1. The highest BCUT2D eigenvalue weighted by atomic mass is 16.5. The summed E-state index contributed by atoms with van der Waals surface area (Å²) in [4.78, 5) is 26.9. The summed E-state index contributed by atoms with van der Waals surface area (Å²) in [6, 6.07) is 25.0. The van der Waals surface area contributed by atoms with E-state index in [1.807, 2.05) is 78.9 Å². The monoisotopic (exact) mass is 401 g/mol. The van der Waals surface area contributed by atoms with Crippen LogP contribution < -0.4 is 9.64 Å². The van der Waals surface area contributed by atoms with Gasteiger partial charge < -0.3 is 9.47 Å². The number of benzene rings is 3. The third-order valence-electron chi connectivity index (χ3n) is 5.05. The molecular weight excluding hydrogens is 378 g/mol. The van der Waals surface area contributed by atoms with Gasteiger partial charge in [0.15, 0.2) is 6.61 Å². The van der Waals surface area contributed by atoms with E-state index in [-0.39, 0.29) is 25.5 Å². The quantitative estimate of drug-likeness (QED) is 0.572. The number of ether oxygens (including phenoxy) is 2. The molecule has 0 bridgehead atoms. The maximum Gasteiger partial charge on any atom is 0.309 e. The second kappa shape index (κ2) is 9.27. The number of esters is 1. The van der Waals surface area contributed by atoms with Crippen molar-refractivity contribution in [1.82, 2.24) is 0 Å². The van der Waals surface area contributed by atoms with Gasteiger partial charge in [0.05, 0.1) is 24.4 Å². The predicted molar refractivity (Wildman–Crippen MR) is 115 cm³/mol. The number of carbonyl (C=O) groups excluding carboxylic acids is 2. The molecule has 5 nitrogen and oxygen atoms in total. The highest BCUT2D eigenvalue weighted by molar-refractivity contribution is 6.03. The standard InChI is InChI=1S/C25H23NO4/c27-24(18-30-25(28)16-17-29-21-10-2-1-3-11-21)26-22-12-6-4-8-19(22)14-15-20-9-5-7-13-23(20)26/h1-13H,14-18H2. The molecule has 30 heavy (non-hydrogen) atoms. The summed E-state index contributed by atoms with van der Waals surface area (Å²) in [5.41, 5.74) is 3.89. The lowest BCUT2D eigenvalue weighted by Crippen LogP contribution is -2.31. The summed E-state index contributed by atoms with van der Waals surface area (Å²) in [6.07, 6.45) is 1.79. The SMILES string of the molecule is O=C(CCOc1ccccc1)OCC(=O)N1c2ccccc2CCc2ccccc21. The average molecular weight is 401 g/mol. The highest BCUT2D eigenvalue weighted by Crippen LogP contribution is 2.35. The molecule has 3 aromatic rings. The Kier molecular flexibility index (Phi) is 6.09. The first-order valence-electron chi connectivity index (χ1n) is 10.0. The molecule has 0 saturated carbocycles. The number of amides is 1. The normalized spacial score (nSPS) is 12.3. The van der Waals surface area contributed by atoms with Crippen molar-refractivity contribution in [1.29, 1.82) is 0 Å². The predicted octanol–water partition coefficient (Wildman–Crippen LogP) is 4.46. The molecule has 1 heterocycles. The molecule has 0 aromatic heterocycles. The molecule has 0 radical (unpaired) electrons. The molecule has 3 aromatic carbocycles. The van der Waals surface area contributed by atoms with Crippen molar-refractivity contribution in [2.75, 3.05) is 18.1 Å². The third-order valence-corrected chi connectivity index (χ3v) is 5.05. The van der Waals surface area contributed by atoms with Crippen LogP contribution in [0.15, 0.2) is 78.9 Å². The van der Waals surface area contributed by atoms with Gasteiger partial charge in [-0.05, 0) is 48.2 Å². The molecule has 0 aliphatic carbocycles. The van der Waals surface area contributed by atoms with Gasteiger partial charge in [-0.15, -0.1) is 0 Å². The van der Waals surface area contributed by atoms with Gasteiger partial charge in [-0.1, -0.05) is 54.6 Å². The van der Waals surface area contributed by atoms with Crippen molar-refractivity contribution >= 4 is 23.3 Å². The van der Waals surface area contributed by atoms with Crippen LogP contribution >= 0.6 is 0 Å². The van der Waals surface area contributed by atoms with Crippen LogP contribution in [0.25, 0.3) is 0 Å². The zero-order valence-corrected chi connectivity index (χ0v) is 16.6. The molecule has 0 N–H and O–H groups in total. The lowest BCUT2D eigenvalue weighted by atomic mass is 10.0. The molecular formula is C25H23NO4. The largest absolute Gasteiger partial charge is 0.493 e. The highest BCUT2D eigenvalue weighted by Gasteiger charge is 2.26. The Morgan fingerprint density at radius 1 is 0.767 bits per heavy atom. The first-order valence-corrected chi connectivity index (χ1v) is 10.0. The summed E-state index contributed by atoms with van der Waals surface area (Å²) < 4.78 is 10.8. The van der Waals surface area contributed by atoms with Gasteiger partial charge in [0, 0.05) is 0 Å². The second-order valence-corrected chi connectivity index (χ2v) is 7.06. The Morgan fingerprint density at radius 2 is 1.33 bits per heavy atom. The molecule has 152 valence electrons. The minimum absolute atomic E-state index is 0.0787. The molecule has 1 aliphatic rings. The lowest BCUT2D eigenvalue weighted by molar-refractivity contribution is -0.148. The number of para-hydroxylation sites is 3. The Bertz CT molecular complexity index is 985. The van der Waals surface area contributed by atoms with E-state index in [1.165, 1.54) is 0 Å². The van der Waals surface area contributed by atoms with Gasteiger partial charge in [0.25, 0.3) is 5.91 Å². The summed E-state index contributed by atoms with van der Waals surface area (Å²) >= 11 is 0. The van der Waals surface area contributed by atoms with E-state index in [1.54, 1.807) is 4.90 Å². The van der Waals surface area contributed by atoms with E-state index in [0.29, 0.717) is 5.75 Å². The van der Waals surface area contributed by atoms with E-state index in [4.69, 9.17) is 9.47 Å². The molecule has 0 saturated heterocycles. The van der Waals surface area contributed by atoms with E-state index < -0.39 is 5.97 Å². The topological polar surface area (TPSA) is 55.8 Å². The minimum Gasteiger partial charge on any atom is -0.493 e. The summed E-state index contributed by atoms with van der Waals surface area (Å²) in [5.74, 6) is -0.0380. The van der Waals surface area contributed by atoms with Crippen molar-refractivity contribution < 1.29 is 19.1 Å². The molecule has 5 heteroatoms. The first kappa shape index (κ1) is 19.7. The number of aryl methyl sites for hydroxylation is 2. The first-order chi connectivity index (χ1) is 14.7. The number of nitrogens with zero attached hydrogens (tertiary/aromatic N) is 1. The van der Waals surface area contributed by atoms with Crippen LogP contribution in [0.5, 0.6) is 5.75 Å². The van der Waals surface area contributed by atoms with Crippen LogP contribution in [-0.2, 0) is 27.2 Å². The van der Waals surface area contributed by atoms with Crippen LogP contribution in [0.2, 0.25) is 0 Å². The Labute approximate surface area is 175 Å². The van der Waals surface area contributed by atoms with E-state index >= 15 is 0 Å². The van der Waals surface area contributed by atoms with Gasteiger partial charge in [0.1, 0.15) is 5.75 Å². The number of carbonyl (C=O) groups is 2. The van der Waals surface area contributed by atoms with E-state index in [2.05, 4.69) is 0 Å². The number of anilines is 2. The second-order valence-electron chi connectivity index (χ2n) is 7.06. The van der Waals surface area contributed by atoms with Crippen LogP contribution in [0.4, 0.5) is 11.4 Å². The van der Waals surface area contributed by atoms with Crippen LogP contribution in [-0.4, -0.2) is 25.1 Å². The van der Waals surface area contributed by atoms with Crippen molar-refractivity contribution in [2.45, 2.75) is 19.3 Å². The number of fused-ring (bicyclic) bond motifs is 2. The zero-order chi connectivity index (χ0) is 20.8. The van der Waals surface area contributed by atoms with Crippen LogP contribution in [0, 0.1) is 0 Å². The van der Waals surface area contributed by atoms with Gasteiger partial charge in [-0.2, -0.15) is 0 Å². The molecule has 4 rings (SSSR count). The van der Waals surface area contributed by atoms with Gasteiger partial charge >= 0.3 is 5.97 Å². The average Bonchev–Trinajstić information content (AvgIpc) is 2.95. The van der Waals surface area contributed by atoms with Crippen molar-refractivity contribution in [3.05, 3.63) is 90.0 Å². The smallest absolute Gasteiger partial charge is 0.309 e.